The van der Waals surface area contributed by atoms with Gasteiger partial charge in [-0.3, -0.25) is 0 Å². The summed E-state index contributed by atoms with van der Waals surface area (Å²) in [5.41, 5.74) is 10.3. The fourth-order valence-corrected chi connectivity index (χ4v) is 3.85. The molecule has 0 saturated carbocycles. The first-order valence-corrected chi connectivity index (χ1v) is 12.1. The molecular formula is C25H44N4. The molecule has 0 amide bonds. The molecule has 0 aliphatic rings. The second-order valence-electron chi connectivity index (χ2n) is 8.43. The molecule has 0 atom stereocenters. The third kappa shape index (κ3) is 14.0. The van der Waals surface area contributed by atoms with E-state index in [-0.39, 0.29) is 0 Å². The average Bonchev–Trinajstić information content (AvgIpc) is 2.74. The van der Waals surface area contributed by atoms with Gasteiger partial charge in [0.15, 0.2) is 0 Å². The van der Waals surface area contributed by atoms with Crippen LogP contribution in [0.5, 0.6) is 0 Å². The van der Waals surface area contributed by atoms with Crippen LogP contribution in [-0.2, 0) is 0 Å². The van der Waals surface area contributed by atoms with Crippen molar-refractivity contribution in [1.82, 2.24) is 0 Å². The summed E-state index contributed by atoms with van der Waals surface area (Å²) in [6.07, 6.45) is 22.5. The molecular weight excluding hydrogens is 356 g/mol. The summed E-state index contributed by atoms with van der Waals surface area (Å²) in [5, 5.41) is 3.62. The number of rotatable bonds is 19. The largest absolute Gasteiger partial charge is 0.375 e. The van der Waals surface area contributed by atoms with E-state index >= 15 is 0 Å². The fraction of sp³-hybridized carbons (Fsp3) is 0.760. The molecule has 0 aliphatic heterocycles. The molecule has 0 bridgehead atoms. The molecule has 0 radical (unpaired) electrons. The topological polar surface area (TPSA) is 52.0 Å². The summed E-state index contributed by atoms with van der Waals surface area (Å²) < 4.78 is 0. The van der Waals surface area contributed by atoms with E-state index in [1.807, 2.05) is 24.3 Å². The maximum absolute atomic E-state index is 8.45. The Hall–Kier alpha value is -1.67. The van der Waals surface area contributed by atoms with Gasteiger partial charge < -0.3 is 4.90 Å². The van der Waals surface area contributed by atoms with Crippen molar-refractivity contribution >= 4 is 11.4 Å². The van der Waals surface area contributed by atoms with Gasteiger partial charge in [-0.2, -0.15) is 0 Å². The van der Waals surface area contributed by atoms with E-state index in [9.17, 15) is 0 Å². The van der Waals surface area contributed by atoms with Crippen LogP contribution in [0.2, 0.25) is 0 Å². The van der Waals surface area contributed by atoms with Gasteiger partial charge in [0.25, 0.3) is 0 Å². The molecule has 29 heavy (non-hydrogen) atoms. The van der Waals surface area contributed by atoms with Crippen LogP contribution in [0.25, 0.3) is 10.4 Å². The summed E-state index contributed by atoms with van der Waals surface area (Å²) in [4.78, 5) is 5.10. The smallest absolute Gasteiger partial charge is 0.0376 e. The van der Waals surface area contributed by atoms with Crippen LogP contribution >= 0.6 is 0 Å². The quantitative estimate of drug-likeness (QED) is 0.0987. The van der Waals surface area contributed by atoms with Crippen molar-refractivity contribution in [3.8, 4) is 0 Å². The minimum Gasteiger partial charge on any atom is -0.375 e. The zero-order valence-corrected chi connectivity index (χ0v) is 19.1. The number of unbranched alkanes of at least 4 members (excludes halogenated alkanes) is 15. The van der Waals surface area contributed by atoms with E-state index in [1.54, 1.807) is 0 Å². The maximum atomic E-state index is 8.45. The lowest BCUT2D eigenvalue weighted by molar-refractivity contribution is 0.529. The molecule has 1 aromatic rings. The monoisotopic (exact) mass is 400 g/mol. The van der Waals surface area contributed by atoms with Gasteiger partial charge in [0.1, 0.15) is 0 Å². The van der Waals surface area contributed by atoms with Gasteiger partial charge >= 0.3 is 0 Å². The van der Waals surface area contributed by atoms with E-state index in [0.717, 1.165) is 6.54 Å². The van der Waals surface area contributed by atoms with Crippen molar-refractivity contribution < 1.29 is 0 Å². The van der Waals surface area contributed by atoms with Crippen LogP contribution in [0.3, 0.4) is 0 Å². The lowest BCUT2D eigenvalue weighted by Crippen LogP contribution is -2.18. The molecule has 0 unspecified atom stereocenters. The van der Waals surface area contributed by atoms with Crippen molar-refractivity contribution in [2.75, 3.05) is 18.5 Å². The zero-order valence-electron chi connectivity index (χ0n) is 19.1. The molecule has 0 heterocycles. The molecule has 0 aromatic heterocycles. The highest BCUT2D eigenvalue weighted by atomic mass is 15.1. The van der Waals surface area contributed by atoms with E-state index in [4.69, 9.17) is 5.53 Å². The van der Waals surface area contributed by atoms with Gasteiger partial charge in [0, 0.05) is 29.9 Å². The summed E-state index contributed by atoms with van der Waals surface area (Å²) in [6, 6.07) is 7.80. The van der Waals surface area contributed by atoms with Gasteiger partial charge in [-0.15, -0.1) is 0 Å². The van der Waals surface area contributed by atoms with Gasteiger partial charge in [-0.25, -0.2) is 0 Å². The van der Waals surface area contributed by atoms with Crippen LogP contribution in [0.15, 0.2) is 29.4 Å². The van der Waals surface area contributed by atoms with Crippen LogP contribution < -0.4 is 4.90 Å². The number of benzene rings is 1. The molecule has 0 saturated heterocycles. The molecule has 1 rings (SSSR count). The normalized spacial score (nSPS) is 10.7. The molecule has 1 aromatic carbocycles. The first-order valence-electron chi connectivity index (χ1n) is 12.1. The SMILES string of the molecule is CCCCCCCCCCCCCCCCCCN(C)c1ccc(N=[N+]=[N-])cc1. The summed E-state index contributed by atoms with van der Waals surface area (Å²) in [7, 11) is 2.13. The second kappa shape index (κ2) is 18.4. The Balaban J connectivity index is 1.86. The van der Waals surface area contributed by atoms with Crippen LogP contribution in [0, 0.1) is 0 Å². The minimum absolute atomic E-state index is 0.673. The van der Waals surface area contributed by atoms with Crippen molar-refractivity contribution in [2.24, 2.45) is 5.11 Å². The number of nitrogens with zero attached hydrogens (tertiary/aromatic N) is 4. The minimum atomic E-state index is 0.673. The number of anilines is 1. The van der Waals surface area contributed by atoms with Crippen LogP contribution in [0.4, 0.5) is 11.4 Å². The number of hydrogen-bond acceptors (Lipinski definition) is 2. The van der Waals surface area contributed by atoms with Gasteiger partial charge in [0.2, 0.25) is 0 Å². The van der Waals surface area contributed by atoms with E-state index in [0.29, 0.717) is 5.69 Å². The van der Waals surface area contributed by atoms with Crippen molar-refractivity contribution in [3.05, 3.63) is 34.7 Å². The average molecular weight is 401 g/mol. The fourth-order valence-electron chi connectivity index (χ4n) is 3.85. The number of hydrogen-bond donors (Lipinski definition) is 0. The van der Waals surface area contributed by atoms with Crippen LogP contribution in [-0.4, -0.2) is 13.6 Å². The van der Waals surface area contributed by atoms with E-state index in [2.05, 4.69) is 28.9 Å². The number of azide groups is 1. The Morgan fingerprint density at radius 1 is 0.690 bits per heavy atom. The molecule has 0 spiro atoms. The first kappa shape index (κ1) is 25.4. The summed E-state index contributed by atoms with van der Waals surface area (Å²) in [5.74, 6) is 0. The molecule has 0 fully saturated rings. The zero-order chi connectivity index (χ0) is 21.0. The molecule has 164 valence electrons. The Labute approximate surface area is 179 Å². The Bertz CT molecular complexity index is 534. The van der Waals surface area contributed by atoms with Crippen LogP contribution in [0.1, 0.15) is 110 Å². The van der Waals surface area contributed by atoms with Gasteiger partial charge in [-0.05, 0) is 24.1 Å². The predicted octanol–water partition coefficient (Wildman–Crippen LogP) is 9.33. The van der Waals surface area contributed by atoms with E-state index < -0.39 is 0 Å². The summed E-state index contributed by atoms with van der Waals surface area (Å²) in [6.45, 7) is 3.37. The predicted molar refractivity (Wildman–Crippen MR) is 128 cm³/mol. The highest BCUT2D eigenvalue weighted by Gasteiger charge is 2.01. The molecule has 4 heteroatoms. The highest BCUT2D eigenvalue weighted by Crippen LogP contribution is 2.20. The lowest BCUT2D eigenvalue weighted by Gasteiger charge is -2.19. The Morgan fingerprint density at radius 3 is 1.52 bits per heavy atom. The molecule has 0 N–H and O–H groups in total. The highest BCUT2D eigenvalue weighted by molar-refractivity contribution is 5.52. The first-order chi connectivity index (χ1) is 14.3. The van der Waals surface area contributed by atoms with E-state index in [1.165, 1.54) is 108 Å². The lowest BCUT2D eigenvalue weighted by atomic mass is 10.0. The Morgan fingerprint density at radius 2 is 1.10 bits per heavy atom. The molecule has 4 nitrogen and oxygen atoms in total. The maximum Gasteiger partial charge on any atom is 0.0376 e. The Kier molecular flexibility index (Phi) is 16.1. The molecule has 0 aliphatic carbocycles. The van der Waals surface area contributed by atoms with Gasteiger partial charge in [0.05, 0.1) is 0 Å². The third-order valence-corrected chi connectivity index (χ3v) is 5.80. The second-order valence-corrected chi connectivity index (χ2v) is 8.43. The van der Waals surface area contributed by atoms with Gasteiger partial charge in [-0.1, -0.05) is 120 Å². The third-order valence-electron chi connectivity index (χ3n) is 5.80. The van der Waals surface area contributed by atoms with Crippen molar-refractivity contribution in [2.45, 2.75) is 110 Å². The van der Waals surface area contributed by atoms with Crippen molar-refractivity contribution in [1.29, 1.82) is 0 Å². The van der Waals surface area contributed by atoms with Crippen molar-refractivity contribution in [3.63, 3.8) is 0 Å². The standard InChI is InChI=1S/C25H44N4/c1-3-4-5-6-7-8-9-10-11-12-13-14-15-16-17-18-23-29(2)25-21-19-24(20-22-25)27-28-26/h19-22H,3-18,23H2,1-2H3. The summed E-state index contributed by atoms with van der Waals surface area (Å²) >= 11 is 0.